The molecule has 1 fully saturated rings. The molecule has 0 aliphatic carbocycles. The van der Waals surface area contributed by atoms with Crippen molar-refractivity contribution in [2.45, 2.75) is 13.2 Å². The van der Waals surface area contributed by atoms with Gasteiger partial charge in [-0.15, -0.1) is 0 Å². The van der Waals surface area contributed by atoms with Gasteiger partial charge in [0.1, 0.15) is 17.6 Å². The predicted octanol–water partition coefficient (Wildman–Crippen LogP) is 2.76. The first-order valence-electron chi connectivity index (χ1n) is 9.26. The normalized spacial score (nSPS) is 15.1. The molecule has 1 aliphatic heterocycles. The maximum absolute atomic E-state index is 12.6. The van der Waals surface area contributed by atoms with Crippen LogP contribution in [0.15, 0.2) is 36.8 Å². The number of pyridine rings is 1. The van der Waals surface area contributed by atoms with Crippen LogP contribution in [0.3, 0.4) is 0 Å². The molecule has 4 rings (SSSR count). The molecule has 150 valence electrons. The van der Waals surface area contributed by atoms with E-state index in [9.17, 15) is 14.0 Å². The molecular weight excluding hydrogens is 378 g/mol. The van der Waals surface area contributed by atoms with Gasteiger partial charge in [0.15, 0.2) is 0 Å². The van der Waals surface area contributed by atoms with Gasteiger partial charge in [0.2, 0.25) is 0 Å². The van der Waals surface area contributed by atoms with Crippen molar-refractivity contribution >= 4 is 16.6 Å². The minimum absolute atomic E-state index is 0.0547. The Balaban J connectivity index is 1.59. The number of nitrogens with zero attached hydrogens (tertiary/aromatic N) is 6. The number of anilines is 1. The first-order valence-corrected chi connectivity index (χ1v) is 9.26. The highest BCUT2D eigenvalue weighted by Crippen LogP contribution is 2.33. The maximum atomic E-state index is 12.6. The Kier molecular flexibility index (Phi) is 5.27. The van der Waals surface area contributed by atoms with Crippen LogP contribution in [0.5, 0.6) is 5.75 Å². The standard InChI is InChI=1S/C20H20F2N6O/c1-26-5-4-24-18(26)13-27-6-8-28(9-7-27)19-14(11-23)12-25-17-3-2-15(10-16(17)19)29-20(21)22/h2-5,10,12,20H,6-9,13H2,1H3. The smallest absolute Gasteiger partial charge is 0.387 e. The molecule has 0 radical (unpaired) electrons. The van der Waals surface area contributed by atoms with E-state index >= 15 is 0 Å². The zero-order chi connectivity index (χ0) is 20.4. The zero-order valence-corrected chi connectivity index (χ0v) is 15.9. The minimum atomic E-state index is -2.90. The second-order valence-electron chi connectivity index (χ2n) is 6.91. The van der Waals surface area contributed by atoms with Crippen molar-refractivity contribution in [1.29, 1.82) is 5.26 Å². The van der Waals surface area contributed by atoms with E-state index in [-0.39, 0.29) is 5.75 Å². The van der Waals surface area contributed by atoms with Crippen LogP contribution < -0.4 is 9.64 Å². The summed E-state index contributed by atoms with van der Waals surface area (Å²) in [5, 5.41) is 10.2. The number of halogens is 2. The van der Waals surface area contributed by atoms with Crippen molar-refractivity contribution in [3.8, 4) is 11.8 Å². The molecule has 0 unspecified atom stereocenters. The lowest BCUT2D eigenvalue weighted by Crippen LogP contribution is -2.46. The lowest BCUT2D eigenvalue weighted by Gasteiger charge is -2.36. The summed E-state index contributed by atoms with van der Waals surface area (Å²) in [4.78, 5) is 13.1. The molecule has 1 saturated heterocycles. The predicted molar refractivity (Wildman–Crippen MR) is 104 cm³/mol. The van der Waals surface area contributed by atoms with Gasteiger partial charge in [-0.2, -0.15) is 14.0 Å². The highest BCUT2D eigenvalue weighted by molar-refractivity contribution is 5.95. The number of piperazine rings is 1. The van der Waals surface area contributed by atoms with Crippen molar-refractivity contribution in [2.24, 2.45) is 7.05 Å². The summed E-state index contributed by atoms with van der Waals surface area (Å²) < 4.78 is 31.8. The number of benzene rings is 1. The summed E-state index contributed by atoms with van der Waals surface area (Å²) >= 11 is 0. The van der Waals surface area contributed by atoms with Crippen LogP contribution in [0.25, 0.3) is 10.9 Å². The molecule has 0 N–H and O–H groups in total. The SMILES string of the molecule is Cn1ccnc1CN1CCN(c2c(C#N)cnc3ccc(OC(F)F)cc23)CC1. The highest BCUT2D eigenvalue weighted by atomic mass is 19.3. The third-order valence-electron chi connectivity index (χ3n) is 5.13. The number of hydrogen-bond donors (Lipinski definition) is 0. The van der Waals surface area contributed by atoms with Gasteiger partial charge in [-0.25, -0.2) is 4.98 Å². The van der Waals surface area contributed by atoms with Crippen LogP contribution in [0.2, 0.25) is 0 Å². The first-order chi connectivity index (χ1) is 14.0. The molecule has 0 atom stereocenters. The van der Waals surface area contributed by atoms with Gasteiger partial charge in [-0.1, -0.05) is 0 Å². The van der Waals surface area contributed by atoms with Crippen LogP contribution in [0.1, 0.15) is 11.4 Å². The summed E-state index contributed by atoms with van der Waals surface area (Å²) in [6, 6.07) is 6.81. The zero-order valence-electron chi connectivity index (χ0n) is 15.9. The molecule has 1 aliphatic rings. The third kappa shape index (κ3) is 3.98. The lowest BCUT2D eigenvalue weighted by atomic mass is 10.1. The number of aromatic nitrogens is 3. The number of hydrogen-bond acceptors (Lipinski definition) is 6. The molecule has 1 aromatic carbocycles. The van der Waals surface area contributed by atoms with E-state index in [1.807, 2.05) is 17.8 Å². The van der Waals surface area contributed by atoms with Crippen LogP contribution >= 0.6 is 0 Å². The van der Waals surface area contributed by atoms with Crippen molar-refractivity contribution in [2.75, 3.05) is 31.1 Å². The average Bonchev–Trinajstić information content (AvgIpc) is 3.11. The summed E-state index contributed by atoms with van der Waals surface area (Å²) in [7, 11) is 1.97. The fourth-order valence-corrected chi connectivity index (χ4v) is 3.63. The van der Waals surface area contributed by atoms with Crippen molar-refractivity contribution in [1.82, 2.24) is 19.4 Å². The van der Waals surface area contributed by atoms with E-state index < -0.39 is 6.61 Å². The van der Waals surface area contributed by atoms with E-state index in [1.165, 1.54) is 18.3 Å². The fraction of sp³-hybridized carbons (Fsp3) is 0.350. The monoisotopic (exact) mass is 398 g/mol. The van der Waals surface area contributed by atoms with Crippen LogP contribution in [-0.4, -0.2) is 52.2 Å². The molecule has 2 aromatic heterocycles. The van der Waals surface area contributed by atoms with Crippen LogP contribution in [0.4, 0.5) is 14.5 Å². The number of ether oxygens (including phenoxy) is 1. The van der Waals surface area contributed by atoms with Crippen LogP contribution in [0, 0.1) is 11.3 Å². The summed E-state index contributed by atoms with van der Waals surface area (Å²) in [6.45, 7) is 0.865. The number of alkyl halides is 2. The lowest BCUT2D eigenvalue weighted by molar-refractivity contribution is -0.0497. The van der Waals surface area contributed by atoms with Gasteiger partial charge in [-0.05, 0) is 18.2 Å². The minimum Gasteiger partial charge on any atom is -0.435 e. The van der Waals surface area contributed by atoms with Gasteiger partial charge < -0.3 is 14.2 Å². The first kappa shape index (κ1) is 19.1. The summed E-state index contributed by atoms with van der Waals surface area (Å²) in [5.41, 5.74) is 1.77. The molecule has 9 heteroatoms. The maximum Gasteiger partial charge on any atom is 0.387 e. The van der Waals surface area contributed by atoms with E-state index in [1.54, 1.807) is 12.3 Å². The average molecular weight is 398 g/mol. The molecule has 7 nitrogen and oxygen atoms in total. The van der Waals surface area contributed by atoms with Crippen LogP contribution in [-0.2, 0) is 13.6 Å². The van der Waals surface area contributed by atoms with Gasteiger partial charge in [-0.3, -0.25) is 9.88 Å². The molecule has 0 spiro atoms. The number of fused-ring (bicyclic) bond motifs is 1. The highest BCUT2D eigenvalue weighted by Gasteiger charge is 2.23. The number of aryl methyl sites for hydroxylation is 1. The van der Waals surface area contributed by atoms with E-state index in [2.05, 4.69) is 30.6 Å². The van der Waals surface area contributed by atoms with Gasteiger partial charge in [0.05, 0.1) is 23.3 Å². The third-order valence-corrected chi connectivity index (χ3v) is 5.13. The molecule has 0 saturated carbocycles. The second-order valence-corrected chi connectivity index (χ2v) is 6.91. The largest absolute Gasteiger partial charge is 0.435 e. The fourth-order valence-electron chi connectivity index (χ4n) is 3.63. The Morgan fingerprint density at radius 3 is 2.66 bits per heavy atom. The Bertz CT molecular complexity index is 1050. The molecular formula is C20H20F2N6O. The van der Waals surface area contributed by atoms with Crippen molar-refractivity contribution in [3.05, 3.63) is 48.2 Å². The Morgan fingerprint density at radius 1 is 1.21 bits per heavy atom. The van der Waals surface area contributed by atoms with E-state index in [4.69, 9.17) is 0 Å². The second kappa shape index (κ2) is 8.01. The van der Waals surface area contributed by atoms with Gasteiger partial charge >= 0.3 is 6.61 Å². The molecule has 0 bridgehead atoms. The van der Waals surface area contributed by atoms with Gasteiger partial charge in [0, 0.05) is 57.2 Å². The summed E-state index contributed by atoms with van der Waals surface area (Å²) in [5.74, 6) is 1.05. The molecule has 29 heavy (non-hydrogen) atoms. The number of nitriles is 1. The molecule has 3 aromatic rings. The van der Waals surface area contributed by atoms with E-state index in [0.29, 0.717) is 35.2 Å². The number of imidazole rings is 1. The van der Waals surface area contributed by atoms with Gasteiger partial charge in [0.25, 0.3) is 0 Å². The molecule has 0 amide bonds. The quantitative estimate of drug-likeness (QED) is 0.658. The Morgan fingerprint density at radius 2 is 2.00 bits per heavy atom. The topological polar surface area (TPSA) is 70.2 Å². The summed E-state index contributed by atoms with van der Waals surface area (Å²) in [6.07, 6.45) is 5.24. The van der Waals surface area contributed by atoms with Crippen molar-refractivity contribution < 1.29 is 13.5 Å². The number of rotatable bonds is 5. The van der Waals surface area contributed by atoms with E-state index in [0.717, 1.165) is 25.5 Å². The Hall–Kier alpha value is -3.25. The van der Waals surface area contributed by atoms with Crippen molar-refractivity contribution in [3.63, 3.8) is 0 Å². The molecule has 3 heterocycles. The Labute approximate surface area is 166 Å².